The fourth-order valence-electron chi connectivity index (χ4n) is 6.01. The molecule has 3 aliphatic carbocycles. The summed E-state index contributed by atoms with van der Waals surface area (Å²) in [6.07, 6.45) is 11.3. The van der Waals surface area contributed by atoms with Gasteiger partial charge >= 0.3 is 6.03 Å². The van der Waals surface area contributed by atoms with Gasteiger partial charge in [0, 0.05) is 25.2 Å². The van der Waals surface area contributed by atoms with Gasteiger partial charge in [0.25, 0.3) is 0 Å². The highest BCUT2D eigenvalue weighted by molar-refractivity contribution is 5.75. The van der Waals surface area contributed by atoms with E-state index >= 15 is 0 Å². The van der Waals surface area contributed by atoms with Gasteiger partial charge < -0.3 is 15.3 Å². The van der Waals surface area contributed by atoms with Gasteiger partial charge in [-0.05, 0) is 62.2 Å². The molecule has 4 nitrogen and oxygen atoms in total. The number of amides is 2. The van der Waals surface area contributed by atoms with E-state index in [0.717, 1.165) is 43.7 Å². The molecule has 22 heavy (non-hydrogen) atoms. The molecule has 5 unspecified atom stereocenters. The Morgan fingerprint density at radius 3 is 2.86 bits per heavy atom. The summed E-state index contributed by atoms with van der Waals surface area (Å²) in [5, 5.41) is 12.8. The molecule has 4 heteroatoms. The van der Waals surface area contributed by atoms with Gasteiger partial charge in [0.1, 0.15) is 0 Å². The number of fused-ring (bicyclic) bond motifs is 2. The lowest BCUT2D eigenvalue weighted by Gasteiger charge is -2.41. The van der Waals surface area contributed by atoms with Crippen molar-refractivity contribution in [3.63, 3.8) is 0 Å². The molecule has 1 saturated heterocycles. The van der Waals surface area contributed by atoms with Gasteiger partial charge in [-0.1, -0.05) is 19.3 Å². The number of piperidine rings is 1. The van der Waals surface area contributed by atoms with Crippen LogP contribution in [0, 0.1) is 23.7 Å². The van der Waals surface area contributed by atoms with Crippen LogP contribution in [0.4, 0.5) is 4.79 Å². The van der Waals surface area contributed by atoms with Gasteiger partial charge in [-0.25, -0.2) is 4.79 Å². The Labute approximate surface area is 133 Å². The number of carbonyl (C=O) groups is 1. The highest BCUT2D eigenvalue weighted by Crippen LogP contribution is 2.55. The Kier molecular flexibility index (Phi) is 3.83. The Hall–Kier alpha value is -0.770. The Balaban J connectivity index is 1.43. The molecule has 4 aliphatic rings. The number of urea groups is 1. The van der Waals surface area contributed by atoms with Gasteiger partial charge in [0.2, 0.25) is 0 Å². The lowest BCUT2D eigenvalue weighted by molar-refractivity contribution is 0.115. The average Bonchev–Trinajstić information content (AvgIpc) is 2.67. The number of aliphatic hydroxyl groups excluding tert-OH is 1. The molecular formula is C18H30N2O2. The summed E-state index contributed by atoms with van der Waals surface area (Å²) in [5.41, 5.74) is 0.0991. The summed E-state index contributed by atoms with van der Waals surface area (Å²) in [6.45, 7) is 1.80. The van der Waals surface area contributed by atoms with Crippen molar-refractivity contribution in [2.45, 2.75) is 63.3 Å². The van der Waals surface area contributed by atoms with E-state index in [-0.39, 0.29) is 24.1 Å². The van der Waals surface area contributed by atoms with E-state index in [1.807, 2.05) is 4.90 Å². The smallest absolute Gasteiger partial charge is 0.317 e. The van der Waals surface area contributed by atoms with Crippen molar-refractivity contribution in [3.8, 4) is 0 Å². The number of nitrogens with zero attached hydrogens (tertiary/aromatic N) is 1. The van der Waals surface area contributed by atoms with Crippen molar-refractivity contribution >= 4 is 6.03 Å². The minimum absolute atomic E-state index is 0.0991. The number of rotatable bonds is 2. The summed E-state index contributed by atoms with van der Waals surface area (Å²) in [5.74, 6) is 2.85. The second-order valence-corrected chi connectivity index (χ2v) is 8.51. The molecule has 3 bridgehead atoms. The van der Waals surface area contributed by atoms with Crippen LogP contribution < -0.4 is 5.32 Å². The van der Waals surface area contributed by atoms with Crippen molar-refractivity contribution in [1.29, 1.82) is 0 Å². The third-order valence-corrected chi connectivity index (χ3v) is 6.91. The van der Waals surface area contributed by atoms with Crippen molar-refractivity contribution in [2.75, 3.05) is 19.7 Å². The molecule has 0 aromatic carbocycles. The van der Waals surface area contributed by atoms with Crippen LogP contribution in [-0.2, 0) is 0 Å². The van der Waals surface area contributed by atoms with E-state index in [2.05, 4.69) is 5.32 Å². The lowest BCUT2D eigenvalue weighted by atomic mass is 9.75. The molecule has 0 radical (unpaired) electrons. The Bertz CT molecular complexity index is 437. The molecule has 3 saturated carbocycles. The summed E-state index contributed by atoms with van der Waals surface area (Å²) >= 11 is 0. The van der Waals surface area contributed by atoms with Crippen molar-refractivity contribution < 1.29 is 9.90 Å². The van der Waals surface area contributed by atoms with Crippen molar-refractivity contribution in [2.24, 2.45) is 23.7 Å². The molecule has 5 atom stereocenters. The van der Waals surface area contributed by atoms with Crippen LogP contribution in [0.3, 0.4) is 0 Å². The third-order valence-electron chi connectivity index (χ3n) is 6.91. The summed E-state index contributed by atoms with van der Waals surface area (Å²) in [7, 11) is 0. The van der Waals surface area contributed by atoms with Crippen LogP contribution in [0.5, 0.6) is 0 Å². The number of aliphatic hydroxyl groups is 1. The molecule has 4 fully saturated rings. The molecule has 0 aromatic rings. The molecule has 1 heterocycles. The van der Waals surface area contributed by atoms with Gasteiger partial charge in [-0.2, -0.15) is 0 Å². The third kappa shape index (κ3) is 2.64. The predicted octanol–water partition coefficient (Wildman–Crippen LogP) is 2.76. The molecule has 2 N–H and O–H groups in total. The first kappa shape index (κ1) is 14.8. The quantitative estimate of drug-likeness (QED) is 0.824. The van der Waals surface area contributed by atoms with Crippen LogP contribution >= 0.6 is 0 Å². The molecule has 1 aliphatic heterocycles. The number of likely N-dealkylation sites (tertiary alicyclic amines) is 1. The Morgan fingerprint density at radius 1 is 1.14 bits per heavy atom. The van der Waals surface area contributed by atoms with E-state index in [0.29, 0.717) is 0 Å². The largest absolute Gasteiger partial charge is 0.396 e. The maximum Gasteiger partial charge on any atom is 0.317 e. The number of carbonyl (C=O) groups excluding carboxylic acids is 1. The minimum Gasteiger partial charge on any atom is -0.396 e. The van der Waals surface area contributed by atoms with Gasteiger partial charge in [-0.3, -0.25) is 0 Å². The van der Waals surface area contributed by atoms with E-state index in [1.54, 1.807) is 0 Å². The summed E-state index contributed by atoms with van der Waals surface area (Å²) < 4.78 is 0. The first-order valence-corrected chi connectivity index (χ1v) is 9.35. The van der Waals surface area contributed by atoms with E-state index in [1.165, 1.54) is 44.9 Å². The average molecular weight is 306 g/mol. The first-order valence-electron chi connectivity index (χ1n) is 9.35. The van der Waals surface area contributed by atoms with E-state index in [4.69, 9.17) is 0 Å². The SMILES string of the molecule is O=C(NC12CC3CCCC(C1)C(C3)C2)N1CCCC(CO)C1. The van der Waals surface area contributed by atoms with Crippen LogP contribution in [0.1, 0.15) is 57.8 Å². The second-order valence-electron chi connectivity index (χ2n) is 8.51. The van der Waals surface area contributed by atoms with Crippen molar-refractivity contribution in [3.05, 3.63) is 0 Å². The fraction of sp³-hybridized carbons (Fsp3) is 0.944. The molecule has 0 spiro atoms. The zero-order chi connectivity index (χ0) is 15.2. The maximum atomic E-state index is 12.8. The molecule has 2 amide bonds. The molecule has 4 rings (SSSR count). The Morgan fingerprint density at radius 2 is 2.00 bits per heavy atom. The predicted molar refractivity (Wildman–Crippen MR) is 85.4 cm³/mol. The number of hydrogen-bond donors (Lipinski definition) is 2. The standard InChI is InChI=1S/C18H30N2O2/c21-12-14-4-2-6-20(11-14)17(22)19-18-8-13-3-1-5-15(9-18)16(7-13)10-18/h13-16,21H,1-12H2,(H,19,22). The van der Waals surface area contributed by atoms with Gasteiger partial charge in [0.15, 0.2) is 0 Å². The second kappa shape index (κ2) is 5.70. The number of nitrogens with one attached hydrogen (secondary N) is 1. The minimum atomic E-state index is 0.0991. The van der Waals surface area contributed by atoms with Gasteiger partial charge in [-0.15, -0.1) is 0 Å². The fourth-order valence-corrected chi connectivity index (χ4v) is 6.01. The van der Waals surface area contributed by atoms with Crippen molar-refractivity contribution in [1.82, 2.24) is 10.2 Å². The van der Waals surface area contributed by atoms with E-state index in [9.17, 15) is 9.90 Å². The zero-order valence-electron chi connectivity index (χ0n) is 13.6. The monoisotopic (exact) mass is 306 g/mol. The zero-order valence-corrected chi connectivity index (χ0v) is 13.6. The highest BCUT2D eigenvalue weighted by atomic mass is 16.3. The highest BCUT2D eigenvalue weighted by Gasteiger charge is 2.52. The van der Waals surface area contributed by atoms with Gasteiger partial charge in [0.05, 0.1) is 0 Å². The molecule has 124 valence electrons. The topological polar surface area (TPSA) is 52.6 Å². The van der Waals surface area contributed by atoms with Crippen LogP contribution in [0.25, 0.3) is 0 Å². The van der Waals surface area contributed by atoms with Crippen LogP contribution in [0.15, 0.2) is 0 Å². The molecule has 0 aromatic heterocycles. The van der Waals surface area contributed by atoms with Crippen LogP contribution in [0.2, 0.25) is 0 Å². The van der Waals surface area contributed by atoms with E-state index < -0.39 is 0 Å². The normalized spacial score (nSPS) is 44.0. The maximum absolute atomic E-state index is 12.8. The molecular weight excluding hydrogens is 276 g/mol. The lowest BCUT2D eigenvalue weighted by Crippen LogP contribution is -2.56. The first-order chi connectivity index (χ1) is 10.7. The summed E-state index contributed by atoms with van der Waals surface area (Å²) in [4.78, 5) is 14.7. The van der Waals surface area contributed by atoms with Crippen LogP contribution in [-0.4, -0.2) is 41.3 Å². The summed E-state index contributed by atoms with van der Waals surface area (Å²) in [6, 6.07) is 0.138. The number of hydrogen-bond acceptors (Lipinski definition) is 2.